The third kappa shape index (κ3) is 2.01. The SMILES string of the molecule is ISC#Cc1cc2ccccc2[nH]1. The zero-order valence-corrected chi connectivity index (χ0v) is 9.65. The lowest BCUT2D eigenvalue weighted by Gasteiger charge is -1.83. The van der Waals surface area contributed by atoms with E-state index in [1.165, 1.54) is 14.3 Å². The van der Waals surface area contributed by atoms with E-state index < -0.39 is 0 Å². The first-order valence-electron chi connectivity index (χ1n) is 3.76. The van der Waals surface area contributed by atoms with Gasteiger partial charge in [-0.2, -0.15) is 0 Å². The first-order valence-corrected chi connectivity index (χ1v) is 7.12. The Kier molecular flexibility index (Phi) is 2.81. The topological polar surface area (TPSA) is 15.8 Å². The van der Waals surface area contributed by atoms with Gasteiger partial charge in [0.2, 0.25) is 0 Å². The van der Waals surface area contributed by atoms with Crippen LogP contribution in [0.5, 0.6) is 0 Å². The highest BCUT2D eigenvalue weighted by atomic mass is 127. The highest BCUT2D eigenvalue weighted by molar-refractivity contribution is 14.2. The van der Waals surface area contributed by atoms with Gasteiger partial charge in [-0.25, -0.2) is 0 Å². The second kappa shape index (κ2) is 4.07. The lowest BCUT2D eigenvalue weighted by atomic mass is 10.2. The van der Waals surface area contributed by atoms with Crippen molar-refractivity contribution in [3.05, 3.63) is 36.0 Å². The average molecular weight is 299 g/mol. The van der Waals surface area contributed by atoms with E-state index in [4.69, 9.17) is 0 Å². The van der Waals surface area contributed by atoms with Gasteiger partial charge in [0.1, 0.15) is 0 Å². The van der Waals surface area contributed by atoms with Crippen LogP contribution in [0.25, 0.3) is 10.9 Å². The highest BCUT2D eigenvalue weighted by Gasteiger charge is 1.95. The third-order valence-corrected chi connectivity index (χ3v) is 2.59. The number of aromatic amines is 1. The predicted octanol–water partition coefficient (Wildman–Crippen LogP) is 3.56. The number of aromatic nitrogens is 1. The zero-order valence-electron chi connectivity index (χ0n) is 6.67. The standard InChI is InChI=1S/C10H6INS/c11-13-6-5-9-7-8-3-1-2-4-10(8)12-9/h1-4,7,12H. The molecule has 64 valence electrons. The number of para-hydroxylation sites is 1. The van der Waals surface area contributed by atoms with E-state index in [-0.39, 0.29) is 0 Å². The van der Waals surface area contributed by atoms with E-state index in [0.29, 0.717) is 0 Å². The van der Waals surface area contributed by atoms with Crippen molar-refractivity contribution < 1.29 is 0 Å². The quantitative estimate of drug-likeness (QED) is 0.581. The maximum atomic E-state index is 3.24. The normalized spacial score (nSPS) is 9.62. The van der Waals surface area contributed by atoms with Crippen molar-refractivity contribution in [1.29, 1.82) is 0 Å². The molecule has 3 heteroatoms. The Bertz CT molecular complexity index is 445. The van der Waals surface area contributed by atoms with Crippen molar-refractivity contribution in [2.75, 3.05) is 0 Å². The highest BCUT2D eigenvalue weighted by Crippen LogP contribution is 2.14. The smallest absolute Gasteiger partial charge is 0.0913 e. The van der Waals surface area contributed by atoms with Gasteiger partial charge < -0.3 is 4.98 Å². The van der Waals surface area contributed by atoms with E-state index in [1.807, 2.05) is 12.1 Å². The molecule has 0 atom stereocenters. The van der Waals surface area contributed by atoms with Crippen LogP contribution in [-0.2, 0) is 0 Å². The molecule has 0 fully saturated rings. The van der Waals surface area contributed by atoms with Gasteiger partial charge >= 0.3 is 0 Å². The minimum absolute atomic E-state index is 0.977. The lowest BCUT2D eigenvalue weighted by Crippen LogP contribution is -1.68. The molecule has 13 heavy (non-hydrogen) atoms. The molecule has 1 N–H and O–H groups in total. The van der Waals surface area contributed by atoms with Gasteiger partial charge in [0, 0.05) is 32.1 Å². The molecule has 0 unspecified atom stereocenters. The Hall–Kier alpha value is -0.600. The van der Waals surface area contributed by atoms with Crippen LogP contribution in [0.3, 0.4) is 0 Å². The third-order valence-electron chi connectivity index (χ3n) is 1.75. The second-order valence-corrected chi connectivity index (χ2v) is 4.25. The van der Waals surface area contributed by atoms with Crippen LogP contribution in [0.4, 0.5) is 0 Å². The van der Waals surface area contributed by atoms with Gasteiger partial charge in [0.05, 0.1) is 5.69 Å². The molecule has 1 heterocycles. The molecule has 2 rings (SSSR count). The molecular formula is C10H6INS. The Morgan fingerprint density at radius 2 is 2.15 bits per heavy atom. The maximum absolute atomic E-state index is 3.24. The molecule has 0 aliphatic heterocycles. The summed E-state index contributed by atoms with van der Waals surface area (Å²) in [5.74, 6) is 3.03. The van der Waals surface area contributed by atoms with Crippen molar-refractivity contribution in [2.24, 2.45) is 0 Å². The van der Waals surface area contributed by atoms with Gasteiger partial charge in [0.25, 0.3) is 0 Å². The molecule has 1 nitrogen and oxygen atoms in total. The van der Waals surface area contributed by atoms with Crippen LogP contribution >= 0.6 is 30.1 Å². The molecule has 2 aromatic rings. The molecule has 0 saturated carbocycles. The van der Waals surface area contributed by atoms with Gasteiger partial charge in [-0.05, 0) is 32.2 Å². The number of halogens is 1. The summed E-state index contributed by atoms with van der Waals surface area (Å²) >= 11 is 2.16. The lowest BCUT2D eigenvalue weighted by molar-refractivity contribution is 1.42. The monoisotopic (exact) mass is 299 g/mol. The number of hydrogen-bond donors (Lipinski definition) is 1. The van der Waals surface area contributed by atoms with Gasteiger partial charge in [-0.3, -0.25) is 0 Å². The van der Waals surface area contributed by atoms with Gasteiger partial charge in [0.15, 0.2) is 0 Å². The molecule has 0 bridgehead atoms. The predicted molar refractivity (Wildman–Crippen MR) is 66.8 cm³/mol. The fourth-order valence-electron chi connectivity index (χ4n) is 1.21. The fraction of sp³-hybridized carbons (Fsp3) is 0. The molecule has 1 aromatic heterocycles. The Morgan fingerprint density at radius 3 is 2.92 bits per heavy atom. The number of benzene rings is 1. The van der Waals surface area contributed by atoms with E-state index in [2.05, 4.69) is 55.6 Å². The fourth-order valence-corrected chi connectivity index (χ4v) is 1.69. The van der Waals surface area contributed by atoms with Crippen LogP contribution in [0.15, 0.2) is 30.3 Å². The van der Waals surface area contributed by atoms with Crippen molar-refractivity contribution in [2.45, 2.75) is 0 Å². The van der Waals surface area contributed by atoms with Crippen LogP contribution in [-0.4, -0.2) is 4.98 Å². The van der Waals surface area contributed by atoms with Crippen LogP contribution in [0.2, 0.25) is 0 Å². The molecule has 0 saturated heterocycles. The molecule has 1 aromatic carbocycles. The van der Waals surface area contributed by atoms with Crippen LogP contribution < -0.4 is 0 Å². The second-order valence-electron chi connectivity index (χ2n) is 2.57. The Labute approximate surface area is 92.9 Å². The first-order chi connectivity index (χ1) is 6.40. The summed E-state index contributed by atoms with van der Waals surface area (Å²) in [6.45, 7) is 0. The molecule has 0 spiro atoms. The summed E-state index contributed by atoms with van der Waals surface area (Å²) in [6, 6.07) is 10.2. The Balaban J connectivity index is 2.50. The molecule has 0 aliphatic rings. The van der Waals surface area contributed by atoms with Gasteiger partial charge in [-0.1, -0.05) is 18.2 Å². The van der Waals surface area contributed by atoms with E-state index in [1.54, 1.807) is 0 Å². The van der Waals surface area contributed by atoms with Gasteiger partial charge in [-0.15, -0.1) is 0 Å². The van der Waals surface area contributed by atoms with Crippen LogP contribution in [0, 0.1) is 11.2 Å². The number of nitrogens with one attached hydrogen (secondary N) is 1. The Morgan fingerprint density at radius 1 is 1.31 bits per heavy atom. The minimum Gasteiger partial charge on any atom is -0.348 e. The largest absolute Gasteiger partial charge is 0.348 e. The molecular weight excluding hydrogens is 293 g/mol. The van der Waals surface area contributed by atoms with Crippen molar-refractivity contribution in [3.63, 3.8) is 0 Å². The number of hydrogen-bond acceptors (Lipinski definition) is 1. The number of fused-ring (bicyclic) bond motifs is 1. The summed E-state index contributed by atoms with van der Waals surface area (Å²) in [4.78, 5) is 3.24. The van der Waals surface area contributed by atoms with Crippen molar-refractivity contribution in [1.82, 2.24) is 4.98 Å². The van der Waals surface area contributed by atoms with Crippen molar-refractivity contribution >= 4 is 41.0 Å². The maximum Gasteiger partial charge on any atom is 0.0913 e. The molecule has 0 amide bonds. The summed E-state index contributed by atoms with van der Waals surface area (Å²) in [5, 5.41) is 4.16. The van der Waals surface area contributed by atoms with Crippen molar-refractivity contribution in [3.8, 4) is 11.2 Å². The summed E-state index contributed by atoms with van der Waals surface area (Å²) in [6.07, 6.45) is 0. The zero-order chi connectivity index (χ0) is 9.10. The number of H-pyrrole nitrogens is 1. The summed E-state index contributed by atoms with van der Waals surface area (Å²) < 4.78 is 0. The van der Waals surface area contributed by atoms with Crippen LogP contribution in [0.1, 0.15) is 5.69 Å². The molecule has 0 aliphatic carbocycles. The number of rotatable bonds is 0. The van der Waals surface area contributed by atoms with E-state index >= 15 is 0 Å². The van der Waals surface area contributed by atoms with E-state index in [9.17, 15) is 0 Å². The van der Waals surface area contributed by atoms with E-state index in [0.717, 1.165) is 11.2 Å². The molecule has 0 radical (unpaired) electrons. The first kappa shape index (κ1) is 8.97. The minimum atomic E-state index is 0.977. The summed E-state index contributed by atoms with van der Waals surface area (Å²) in [7, 11) is 1.50. The summed E-state index contributed by atoms with van der Waals surface area (Å²) in [5.41, 5.74) is 2.12. The average Bonchev–Trinajstić information content (AvgIpc) is 2.57.